The van der Waals surface area contributed by atoms with Crippen LogP contribution in [0.2, 0.25) is 0 Å². The molecule has 2 rings (SSSR count). The highest BCUT2D eigenvalue weighted by molar-refractivity contribution is 5.72. The number of amides is 1. The number of hydrogen-bond acceptors (Lipinski definition) is 6. The molecule has 1 aromatic heterocycles. The Bertz CT molecular complexity index is 498. The van der Waals surface area contributed by atoms with Gasteiger partial charge in [-0.1, -0.05) is 0 Å². The molecule has 1 saturated heterocycles. The number of nitrogens with zero attached hydrogens (tertiary/aromatic N) is 1. The summed E-state index contributed by atoms with van der Waals surface area (Å²) in [4.78, 5) is 15.0. The van der Waals surface area contributed by atoms with Crippen LogP contribution in [0, 0.1) is 0 Å². The van der Waals surface area contributed by atoms with Crippen LogP contribution in [-0.4, -0.2) is 49.1 Å². The average molecular weight is 338 g/mol. The van der Waals surface area contributed by atoms with Gasteiger partial charge in [-0.25, -0.2) is 4.98 Å². The Balaban J connectivity index is 1.66. The molecule has 1 fully saturated rings. The molecule has 1 aromatic rings. The SMILES string of the molecule is CC(=O)NCCCC1OCC(Oc2ccc(OC(C)C)cn2)CO1. The van der Waals surface area contributed by atoms with Crippen molar-refractivity contribution in [3.8, 4) is 11.6 Å². The topological polar surface area (TPSA) is 78.9 Å². The van der Waals surface area contributed by atoms with Crippen LogP contribution in [0.3, 0.4) is 0 Å². The monoisotopic (exact) mass is 338 g/mol. The standard InChI is InChI=1S/C17H26N2O5/c1-12(2)23-14-6-7-16(19-9-14)24-15-10-21-17(22-11-15)5-4-8-18-13(3)20/h6-7,9,12,15,17H,4-5,8,10-11H2,1-3H3,(H,18,20). The molecule has 0 aromatic carbocycles. The molecule has 7 nitrogen and oxygen atoms in total. The minimum atomic E-state index is -0.242. The quantitative estimate of drug-likeness (QED) is 0.730. The number of carbonyl (C=O) groups excluding carboxylic acids is 1. The molecule has 134 valence electrons. The third-order valence-corrected chi connectivity index (χ3v) is 3.29. The molecule has 0 bridgehead atoms. The lowest BCUT2D eigenvalue weighted by Gasteiger charge is -2.29. The minimum absolute atomic E-state index is 0.0220. The number of pyridine rings is 1. The number of nitrogens with one attached hydrogen (secondary N) is 1. The first-order chi connectivity index (χ1) is 11.5. The van der Waals surface area contributed by atoms with Crippen molar-refractivity contribution in [1.82, 2.24) is 10.3 Å². The molecule has 2 heterocycles. The summed E-state index contributed by atoms with van der Waals surface area (Å²) >= 11 is 0. The minimum Gasteiger partial charge on any atom is -0.489 e. The van der Waals surface area contributed by atoms with Crippen molar-refractivity contribution in [2.75, 3.05) is 19.8 Å². The van der Waals surface area contributed by atoms with E-state index in [0.29, 0.717) is 31.4 Å². The number of rotatable bonds is 8. The van der Waals surface area contributed by atoms with Gasteiger partial charge in [0.05, 0.1) is 25.5 Å². The van der Waals surface area contributed by atoms with Gasteiger partial charge in [0.15, 0.2) is 6.29 Å². The van der Waals surface area contributed by atoms with Crippen molar-refractivity contribution < 1.29 is 23.7 Å². The van der Waals surface area contributed by atoms with Crippen molar-refractivity contribution in [3.05, 3.63) is 18.3 Å². The first-order valence-corrected chi connectivity index (χ1v) is 8.30. The molecular formula is C17H26N2O5. The molecule has 0 spiro atoms. The highest BCUT2D eigenvalue weighted by atomic mass is 16.7. The third kappa shape index (κ3) is 6.72. The van der Waals surface area contributed by atoms with Gasteiger partial charge in [0.25, 0.3) is 0 Å². The molecule has 1 aliphatic heterocycles. The predicted octanol–water partition coefficient (Wildman–Crippen LogP) is 1.91. The van der Waals surface area contributed by atoms with Gasteiger partial charge >= 0.3 is 0 Å². The molecule has 0 aliphatic carbocycles. The lowest BCUT2D eigenvalue weighted by Crippen LogP contribution is -2.39. The Kier molecular flexibility index (Phi) is 7.27. The maximum Gasteiger partial charge on any atom is 0.216 e. The molecule has 1 N–H and O–H groups in total. The van der Waals surface area contributed by atoms with Crippen LogP contribution in [0.15, 0.2) is 18.3 Å². The van der Waals surface area contributed by atoms with Gasteiger partial charge < -0.3 is 24.3 Å². The normalized spacial score (nSPS) is 20.7. The maximum absolute atomic E-state index is 10.8. The summed E-state index contributed by atoms with van der Waals surface area (Å²) < 4.78 is 22.6. The third-order valence-electron chi connectivity index (χ3n) is 3.29. The van der Waals surface area contributed by atoms with E-state index in [1.165, 1.54) is 6.92 Å². The Morgan fingerprint density at radius 3 is 2.71 bits per heavy atom. The second-order valence-corrected chi connectivity index (χ2v) is 5.96. The van der Waals surface area contributed by atoms with E-state index in [2.05, 4.69) is 10.3 Å². The van der Waals surface area contributed by atoms with E-state index in [4.69, 9.17) is 18.9 Å². The average Bonchev–Trinajstić information content (AvgIpc) is 2.54. The number of ether oxygens (including phenoxy) is 4. The molecular weight excluding hydrogens is 312 g/mol. The smallest absolute Gasteiger partial charge is 0.216 e. The van der Waals surface area contributed by atoms with Crippen LogP contribution in [0.5, 0.6) is 11.6 Å². The van der Waals surface area contributed by atoms with Crippen LogP contribution in [0.4, 0.5) is 0 Å². The van der Waals surface area contributed by atoms with Gasteiger partial charge in [0.2, 0.25) is 11.8 Å². The highest BCUT2D eigenvalue weighted by Gasteiger charge is 2.23. The molecule has 0 saturated carbocycles. The van der Waals surface area contributed by atoms with E-state index < -0.39 is 0 Å². The summed E-state index contributed by atoms with van der Waals surface area (Å²) in [5.41, 5.74) is 0. The second-order valence-electron chi connectivity index (χ2n) is 5.96. The number of hydrogen-bond donors (Lipinski definition) is 1. The van der Waals surface area contributed by atoms with Crippen molar-refractivity contribution in [2.24, 2.45) is 0 Å². The molecule has 7 heteroatoms. The lowest BCUT2D eigenvalue weighted by molar-refractivity contribution is -0.213. The van der Waals surface area contributed by atoms with Crippen molar-refractivity contribution >= 4 is 5.91 Å². The summed E-state index contributed by atoms with van der Waals surface area (Å²) in [7, 11) is 0. The van der Waals surface area contributed by atoms with Crippen molar-refractivity contribution in [1.29, 1.82) is 0 Å². The van der Waals surface area contributed by atoms with Crippen LogP contribution in [0.25, 0.3) is 0 Å². The van der Waals surface area contributed by atoms with Crippen molar-refractivity contribution in [2.45, 2.75) is 52.1 Å². The zero-order chi connectivity index (χ0) is 17.4. The first kappa shape index (κ1) is 18.5. The fourth-order valence-electron chi connectivity index (χ4n) is 2.24. The van der Waals surface area contributed by atoms with Crippen molar-refractivity contribution in [3.63, 3.8) is 0 Å². The molecule has 0 unspecified atom stereocenters. The van der Waals surface area contributed by atoms with Gasteiger partial charge in [0, 0.05) is 26.0 Å². The van der Waals surface area contributed by atoms with E-state index >= 15 is 0 Å². The largest absolute Gasteiger partial charge is 0.489 e. The van der Waals surface area contributed by atoms with Gasteiger partial charge in [-0.3, -0.25) is 4.79 Å². The van der Waals surface area contributed by atoms with E-state index in [1.807, 2.05) is 19.9 Å². The predicted molar refractivity (Wildman–Crippen MR) is 88.0 cm³/mol. The van der Waals surface area contributed by atoms with E-state index in [-0.39, 0.29) is 24.4 Å². The van der Waals surface area contributed by atoms with Crippen LogP contribution in [-0.2, 0) is 14.3 Å². The summed E-state index contributed by atoms with van der Waals surface area (Å²) in [6.07, 6.45) is 2.89. The number of carbonyl (C=O) groups is 1. The van der Waals surface area contributed by atoms with Gasteiger partial charge in [0.1, 0.15) is 11.9 Å². The second kappa shape index (κ2) is 9.44. The Hall–Kier alpha value is -1.86. The Labute approximate surface area is 142 Å². The summed E-state index contributed by atoms with van der Waals surface area (Å²) in [5.74, 6) is 1.21. The van der Waals surface area contributed by atoms with Gasteiger partial charge in [-0.2, -0.15) is 0 Å². The summed E-state index contributed by atoms with van der Waals surface area (Å²) in [6.45, 7) is 6.98. The Morgan fingerprint density at radius 1 is 1.38 bits per heavy atom. The van der Waals surface area contributed by atoms with E-state index in [0.717, 1.165) is 12.8 Å². The summed E-state index contributed by atoms with van der Waals surface area (Å²) in [5, 5.41) is 2.75. The van der Waals surface area contributed by atoms with E-state index in [9.17, 15) is 4.79 Å². The maximum atomic E-state index is 10.8. The Morgan fingerprint density at radius 2 is 2.12 bits per heavy atom. The van der Waals surface area contributed by atoms with Gasteiger partial charge in [-0.15, -0.1) is 0 Å². The van der Waals surface area contributed by atoms with Crippen LogP contribution in [0.1, 0.15) is 33.6 Å². The van der Waals surface area contributed by atoms with Gasteiger partial charge in [-0.05, 0) is 26.3 Å². The number of aromatic nitrogens is 1. The fraction of sp³-hybridized carbons (Fsp3) is 0.647. The highest BCUT2D eigenvalue weighted by Crippen LogP contribution is 2.18. The molecule has 24 heavy (non-hydrogen) atoms. The zero-order valence-corrected chi connectivity index (χ0v) is 14.5. The first-order valence-electron chi connectivity index (χ1n) is 8.30. The fourth-order valence-corrected chi connectivity index (χ4v) is 2.24. The zero-order valence-electron chi connectivity index (χ0n) is 14.5. The van der Waals surface area contributed by atoms with Crippen LogP contribution >= 0.6 is 0 Å². The van der Waals surface area contributed by atoms with E-state index in [1.54, 1.807) is 12.3 Å². The molecule has 0 radical (unpaired) electrons. The molecule has 1 aliphatic rings. The van der Waals surface area contributed by atoms with Crippen LogP contribution < -0.4 is 14.8 Å². The molecule has 0 atom stereocenters. The molecule has 1 amide bonds. The summed E-state index contributed by atoms with van der Waals surface area (Å²) in [6, 6.07) is 3.61. The lowest BCUT2D eigenvalue weighted by atomic mass is 10.2.